The van der Waals surface area contributed by atoms with Crippen molar-refractivity contribution in [3.63, 3.8) is 0 Å². The highest BCUT2D eigenvalue weighted by atomic mass is 16.1. The third kappa shape index (κ3) is 3.01. The highest BCUT2D eigenvalue weighted by Crippen LogP contribution is 2.68. The van der Waals surface area contributed by atoms with Crippen LogP contribution in [-0.2, 0) is 0 Å². The molecule has 4 nitrogen and oxygen atoms in total. The third-order valence-corrected chi connectivity index (χ3v) is 9.49. The van der Waals surface area contributed by atoms with E-state index in [4.69, 9.17) is 0 Å². The number of aryl methyl sites for hydroxylation is 1. The van der Waals surface area contributed by atoms with Gasteiger partial charge >= 0.3 is 0 Å². The molecule has 0 spiro atoms. The highest BCUT2D eigenvalue weighted by Gasteiger charge is 2.65. The topological polar surface area (TPSA) is 35.6 Å². The molecule has 1 aliphatic heterocycles. The zero-order valence-corrected chi connectivity index (χ0v) is 18.8. The number of nitrogens with zero attached hydrogens (tertiary/aromatic N) is 2. The minimum Gasteiger partial charge on any atom is -0.369 e. The lowest BCUT2D eigenvalue weighted by Gasteiger charge is -2.60. The summed E-state index contributed by atoms with van der Waals surface area (Å²) in [7, 11) is 2.19. The van der Waals surface area contributed by atoms with Crippen LogP contribution in [0.2, 0.25) is 0 Å². The van der Waals surface area contributed by atoms with Crippen LogP contribution in [0.25, 0.3) is 0 Å². The zero-order valence-electron chi connectivity index (χ0n) is 18.8. The van der Waals surface area contributed by atoms with Gasteiger partial charge in [-0.2, -0.15) is 0 Å². The lowest BCUT2D eigenvalue weighted by molar-refractivity contribution is -0.0792. The van der Waals surface area contributed by atoms with Crippen molar-refractivity contribution in [3.8, 4) is 0 Å². The van der Waals surface area contributed by atoms with Gasteiger partial charge < -0.3 is 15.1 Å². The molecule has 1 aromatic carbocycles. The summed E-state index contributed by atoms with van der Waals surface area (Å²) in [5.74, 6) is 2.99. The van der Waals surface area contributed by atoms with E-state index in [1.165, 1.54) is 57.1 Å². The molecule has 1 amide bonds. The van der Waals surface area contributed by atoms with Crippen LogP contribution in [0.3, 0.4) is 0 Å². The van der Waals surface area contributed by atoms with Crippen molar-refractivity contribution in [2.75, 3.05) is 38.1 Å². The number of hydrogen-bond acceptors (Lipinski definition) is 3. The van der Waals surface area contributed by atoms with Crippen LogP contribution in [0.5, 0.6) is 0 Å². The number of piperazine rings is 1. The molecular formula is C26H37N3O. The van der Waals surface area contributed by atoms with Gasteiger partial charge in [-0.1, -0.05) is 6.07 Å². The van der Waals surface area contributed by atoms with Gasteiger partial charge in [0.25, 0.3) is 5.91 Å². The Balaban J connectivity index is 1.23. The average Bonchev–Trinajstić information content (AvgIpc) is 3.49. The first-order valence-corrected chi connectivity index (χ1v) is 12.3. The minimum atomic E-state index is 0.0936. The Hall–Kier alpha value is -1.55. The third-order valence-electron chi connectivity index (χ3n) is 9.49. The fourth-order valence-corrected chi connectivity index (χ4v) is 8.01. The summed E-state index contributed by atoms with van der Waals surface area (Å²) in [6.07, 6.45) is 10.9. The van der Waals surface area contributed by atoms with Gasteiger partial charge in [-0.15, -0.1) is 0 Å². The van der Waals surface area contributed by atoms with Gasteiger partial charge in [-0.3, -0.25) is 4.79 Å². The van der Waals surface area contributed by atoms with Gasteiger partial charge in [0, 0.05) is 43.0 Å². The monoisotopic (exact) mass is 407 g/mol. The van der Waals surface area contributed by atoms with Crippen molar-refractivity contribution in [2.24, 2.45) is 23.2 Å². The van der Waals surface area contributed by atoms with Gasteiger partial charge in [-0.05, 0) is 106 Å². The van der Waals surface area contributed by atoms with Crippen molar-refractivity contribution >= 4 is 11.6 Å². The first kappa shape index (κ1) is 19.2. The van der Waals surface area contributed by atoms with E-state index < -0.39 is 0 Å². The van der Waals surface area contributed by atoms with Crippen LogP contribution >= 0.6 is 0 Å². The van der Waals surface area contributed by atoms with E-state index in [0.717, 1.165) is 55.1 Å². The van der Waals surface area contributed by atoms with Crippen LogP contribution < -0.4 is 10.2 Å². The average molecular weight is 408 g/mol. The molecule has 1 N–H and O–H groups in total. The second-order valence-electron chi connectivity index (χ2n) is 11.5. The van der Waals surface area contributed by atoms with Crippen molar-refractivity contribution in [3.05, 3.63) is 29.3 Å². The van der Waals surface area contributed by atoms with E-state index in [0.29, 0.717) is 5.41 Å². The van der Waals surface area contributed by atoms with Crippen molar-refractivity contribution in [2.45, 2.75) is 63.8 Å². The second kappa shape index (κ2) is 6.72. The van der Waals surface area contributed by atoms with E-state index in [9.17, 15) is 4.79 Å². The molecule has 7 rings (SSSR count). The van der Waals surface area contributed by atoms with Crippen molar-refractivity contribution < 1.29 is 4.79 Å². The quantitative estimate of drug-likeness (QED) is 0.811. The number of nitrogens with one attached hydrogen (secondary N) is 1. The molecule has 1 heterocycles. The lowest BCUT2D eigenvalue weighted by Crippen LogP contribution is -2.58. The number of carbonyl (C=O) groups is 1. The van der Waals surface area contributed by atoms with E-state index in [1.54, 1.807) is 0 Å². The van der Waals surface area contributed by atoms with Gasteiger partial charge in [0.05, 0.1) is 0 Å². The molecule has 0 aromatic heterocycles. The largest absolute Gasteiger partial charge is 0.369 e. The van der Waals surface area contributed by atoms with Gasteiger partial charge in [0.1, 0.15) is 0 Å². The Labute approximate surface area is 181 Å². The number of likely N-dealkylation sites (N-methyl/N-ethyl adjacent to an activating group) is 1. The fraction of sp³-hybridized carbons (Fsp3) is 0.731. The van der Waals surface area contributed by atoms with E-state index >= 15 is 0 Å². The highest BCUT2D eigenvalue weighted by molar-refractivity contribution is 5.97. The second-order valence-corrected chi connectivity index (χ2v) is 11.5. The molecular weight excluding hydrogens is 370 g/mol. The summed E-state index contributed by atoms with van der Waals surface area (Å²) >= 11 is 0. The summed E-state index contributed by atoms with van der Waals surface area (Å²) < 4.78 is 0. The predicted molar refractivity (Wildman–Crippen MR) is 121 cm³/mol. The number of amides is 1. The smallest absolute Gasteiger partial charge is 0.252 e. The van der Waals surface area contributed by atoms with Crippen LogP contribution in [0.15, 0.2) is 18.2 Å². The molecule has 1 aromatic rings. The summed E-state index contributed by atoms with van der Waals surface area (Å²) in [4.78, 5) is 18.4. The molecule has 6 fully saturated rings. The Morgan fingerprint density at radius 3 is 2.13 bits per heavy atom. The van der Waals surface area contributed by atoms with Crippen LogP contribution in [0, 0.1) is 30.1 Å². The summed E-state index contributed by atoms with van der Waals surface area (Å²) in [5.41, 5.74) is 3.70. The normalized spacial score (nSPS) is 36.7. The molecule has 30 heavy (non-hydrogen) atoms. The molecule has 0 atom stereocenters. The van der Waals surface area contributed by atoms with Crippen LogP contribution in [-0.4, -0.2) is 49.6 Å². The molecule has 6 aliphatic rings. The van der Waals surface area contributed by atoms with Crippen LogP contribution in [0.4, 0.5) is 5.69 Å². The first-order valence-electron chi connectivity index (χ1n) is 12.3. The number of carbonyl (C=O) groups excluding carboxylic acids is 1. The molecule has 5 aliphatic carbocycles. The maximum absolute atomic E-state index is 13.6. The Morgan fingerprint density at radius 1 is 0.967 bits per heavy atom. The summed E-state index contributed by atoms with van der Waals surface area (Å²) in [6, 6.07) is 6.50. The van der Waals surface area contributed by atoms with Gasteiger partial charge in [0.2, 0.25) is 0 Å². The maximum atomic E-state index is 13.6. The molecule has 4 bridgehead atoms. The lowest BCUT2D eigenvalue weighted by atomic mass is 9.47. The van der Waals surface area contributed by atoms with Crippen LogP contribution in [0.1, 0.15) is 67.3 Å². The number of rotatable bonds is 4. The standard InChI is InChI=1S/C26H37N3O/c1-18-3-4-22(29-9-7-28(2)8-10-29)14-23(18)24(30)27-26(5-6-26)25-15-19-11-20(16-25)13-21(12-19)17-25/h3-4,14,19-21H,5-13,15-17H2,1-2H3,(H,27,30). The Kier molecular flexibility index (Phi) is 4.29. The molecule has 4 heteroatoms. The van der Waals surface area contributed by atoms with E-state index in [-0.39, 0.29) is 11.4 Å². The van der Waals surface area contributed by atoms with Gasteiger partial charge in [0.15, 0.2) is 0 Å². The summed E-state index contributed by atoms with van der Waals surface area (Å²) in [5, 5.41) is 3.65. The van der Waals surface area contributed by atoms with E-state index in [2.05, 4.69) is 47.3 Å². The SMILES string of the molecule is Cc1ccc(N2CCN(C)CC2)cc1C(=O)NC1(C23CC4CC(CC(C4)C2)C3)CC1. The van der Waals surface area contributed by atoms with Crippen molar-refractivity contribution in [1.29, 1.82) is 0 Å². The first-order chi connectivity index (χ1) is 14.5. The zero-order chi connectivity index (χ0) is 20.5. The number of benzene rings is 1. The Morgan fingerprint density at radius 2 is 1.57 bits per heavy atom. The maximum Gasteiger partial charge on any atom is 0.252 e. The minimum absolute atomic E-state index is 0.0936. The van der Waals surface area contributed by atoms with Gasteiger partial charge in [-0.25, -0.2) is 0 Å². The molecule has 1 saturated heterocycles. The fourth-order valence-electron chi connectivity index (χ4n) is 8.01. The predicted octanol–water partition coefficient (Wildman–Crippen LogP) is 4.23. The molecule has 5 saturated carbocycles. The van der Waals surface area contributed by atoms with Crippen molar-refractivity contribution in [1.82, 2.24) is 10.2 Å². The van der Waals surface area contributed by atoms with E-state index in [1.807, 2.05) is 0 Å². The molecule has 0 unspecified atom stereocenters. The Bertz CT molecular complexity index is 815. The molecule has 162 valence electrons. The summed E-state index contributed by atoms with van der Waals surface area (Å²) in [6.45, 7) is 6.34. The molecule has 0 radical (unpaired) electrons. The number of hydrogen-bond donors (Lipinski definition) is 1. The number of anilines is 1.